The molecule has 0 amide bonds. The zero-order valence-electron chi connectivity index (χ0n) is 7.32. The number of aliphatic hydroxyl groups excluding tert-OH is 1. The summed E-state index contributed by atoms with van der Waals surface area (Å²) in [5.74, 6) is -5.15. The van der Waals surface area contributed by atoms with E-state index in [0.29, 0.717) is 0 Å². The first-order chi connectivity index (χ1) is 6.24. The molecule has 0 aromatic rings. The van der Waals surface area contributed by atoms with Crippen molar-refractivity contribution in [2.24, 2.45) is 11.8 Å². The van der Waals surface area contributed by atoms with Gasteiger partial charge in [0, 0.05) is 12.5 Å². The Bertz CT molecular complexity index is 194. The molecule has 6 heteroatoms. The smallest absolute Gasteiger partial charge is 0.394 e. The molecule has 0 unspecified atom stereocenters. The minimum Gasteiger partial charge on any atom is -0.396 e. The molecule has 1 nitrogen and oxygen atoms in total. The van der Waals surface area contributed by atoms with Crippen LogP contribution in [-0.4, -0.2) is 23.8 Å². The van der Waals surface area contributed by atoms with Gasteiger partial charge in [-0.3, -0.25) is 0 Å². The van der Waals surface area contributed by atoms with Gasteiger partial charge < -0.3 is 5.11 Å². The third kappa shape index (κ3) is 2.80. The molecule has 1 rings (SSSR count). The van der Waals surface area contributed by atoms with Crippen LogP contribution in [0.5, 0.6) is 0 Å². The van der Waals surface area contributed by atoms with E-state index < -0.39 is 24.4 Å². The van der Waals surface area contributed by atoms with Crippen molar-refractivity contribution in [2.45, 2.75) is 31.4 Å². The average Bonchev–Trinajstić information content (AvgIpc) is 1.76. The van der Waals surface area contributed by atoms with Crippen LogP contribution < -0.4 is 0 Å². The standard InChI is InChI=1S/C8H11F5O/c9-7(10,4-8(11,12)13)6-1-5(2-6)3-14/h5-6,14H,1-4H2. The van der Waals surface area contributed by atoms with Crippen molar-refractivity contribution in [1.82, 2.24) is 0 Å². The molecule has 1 aliphatic carbocycles. The third-order valence-electron chi connectivity index (χ3n) is 2.53. The zero-order chi connectivity index (χ0) is 11.0. The fraction of sp³-hybridized carbons (Fsp3) is 1.00. The number of hydrogen-bond donors (Lipinski definition) is 1. The number of halogens is 5. The molecule has 0 aromatic heterocycles. The highest BCUT2D eigenvalue weighted by molar-refractivity contribution is 4.90. The van der Waals surface area contributed by atoms with Crippen LogP contribution in [0.15, 0.2) is 0 Å². The normalized spacial score (nSPS) is 28.7. The number of alkyl halides is 5. The van der Waals surface area contributed by atoms with Gasteiger partial charge in [-0.1, -0.05) is 0 Å². The summed E-state index contributed by atoms with van der Waals surface area (Å²) >= 11 is 0. The summed E-state index contributed by atoms with van der Waals surface area (Å²) in [6.45, 7) is -0.224. The highest BCUT2D eigenvalue weighted by Crippen LogP contribution is 2.48. The van der Waals surface area contributed by atoms with Gasteiger partial charge in [0.1, 0.15) is 6.42 Å². The summed E-state index contributed by atoms with van der Waals surface area (Å²) in [6, 6.07) is 0. The van der Waals surface area contributed by atoms with Crippen LogP contribution in [0, 0.1) is 11.8 Å². The Kier molecular flexibility index (Phi) is 3.04. The fourth-order valence-electron chi connectivity index (χ4n) is 1.64. The van der Waals surface area contributed by atoms with Crippen LogP contribution in [-0.2, 0) is 0 Å². The molecule has 0 aromatic carbocycles. The van der Waals surface area contributed by atoms with Gasteiger partial charge in [-0.15, -0.1) is 0 Å². The molecule has 0 radical (unpaired) electrons. The predicted octanol–water partition coefficient (Wildman–Crippen LogP) is 2.59. The Morgan fingerprint density at radius 1 is 1.07 bits per heavy atom. The molecular formula is C8H11F5O. The topological polar surface area (TPSA) is 20.2 Å². The Balaban J connectivity index is 2.43. The van der Waals surface area contributed by atoms with Gasteiger partial charge in [-0.05, 0) is 18.8 Å². The molecule has 84 valence electrons. The monoisotopic (exact) mass is 218 g/mol. The summed E-state index contributed by atoms with van der Waals surface area (Å²) in [5.41, 5.74) is 0. The van der Waals surface area contributed by atoms with Crippen LogP contribution >= 0.6 is 0 Å². The number of hydrogen-bond acceptors (Lipinski definition) is 1. The van der Waals surface area contributed by atoms with Crippen molar-refractivity contribution in [3.63, 3.8) is 0 Å². The van der Waals surface area contributed by atoms with Gasteiger partial charge >= 0.3 is 6.18 Å². The van der Waals surface area contributed by atoms with E-state index in [-0.39, 0.29) is 25.4 Å². The Morgan fingerprint density at radius 2 is 1.57 bits per heavy atom. The summed E-state index contributed by atoms with van der Waals surface area (Å²) in [6.07, 6.45) is -6.91. The molecule has 1 N–H and O–H groups in total. The molecule has 0 heterocycles. The van der Waals surface area contributed by atoms with E-state index in [1.165, 1.54) is 0 Å². The van der Waals surface area contributed by atoms with Gasteiger partial charge in [-0.25, -0.2) is 8.78 Å². The second kappa shape index (κ2) is 3.64. The Labute approximate surface area is 77.9 Å². The van der Waals surface area contributed by atoms with Crippen molar-refractivity contribution in [3.05, 3.63) is 0 Å². The van der Waals surface area contributed by atoms with Crippen LogP contribution in [0.4, 0.5) is 22.0 Å². The van der Waals surface area contributed by atoms with Crippen molar-refractivity contribution in [1.29, 1.82) is 0 Å². The molecule has 1 fully saturated rings. The van der Waals surface area contributed by atoms with Crippen molar-refractivity contribution in [2.75, 3.05) is 6.61 Å². The quantitative estimate of drug-likeness (QED) is 0.722. The highest BCUT2D eigenvalue weighted by atomic mass is 19.4. The first kappa shape index (κ1) is 11.7. The lowest BCUT2D eigenvalue weighted by Gasteiger charge is -2.39. The maximum atomic E-state index is 12.9. The minimum atomic E-state index is -4.83. The predicted molar refractivity (Wildman–Crippen MR) is 38.9 cm³/mol. The van der Waals surface area contributed by atoms with E-state index in [9.17, 15) is 22.0 Å². The molecule has 14 heavy (non-hydrogen) atoms. The summed E-state index contributed by atoms with van der Waals surface area (Å²) < 4.78 is 60.9. The lowest BCUT2D eigenvalue weighted by molar-refractivity contribution is -0.216. The molecule has 1 saturated carbocycles. The number of rotatable bonds is 3. The van der Waals surface area contributed by atoms with Crippen LogP contribution in [0.25, 0.3) is 0 Å². The van der Waals surface area contributed by atoms with Crippen molar-refractivity contribution < 1.29 is 27.1 Å². The maximum Gasteiger partial charge on any atom is 0.394 e. The van der Waals surface area contributed by atoms with Crippen molar-refractivity contribution >= 4 is 0 Å². The van der Waals surface area contributed by atoms with Gasteiger partial charge in [-0.2, -0.15) is 13.2 Å². The van der Waals surface area contributed by atoms with Gasteiger partial charge in [0.25, 0.3) is 5.92 Å². The van der Waals surface area contributed by atoms with Crippen LogP contribution in [0.2, 0.25) is 0 Å². The van der Waals surface area contributed by atoms with Gasteiger partial charge in [0.05, 0.1) is 0 Å². The number of aliphatic hydroxyl groups is 1. The molecular weight excluding hydrogens is 207 g/mol. The van der Waals surface area contributed by atoms with E-state index in [4.69, 9.17) is 5.11 Å². The van der Waals surface area contributed by atoms with Crippen molar-refractivity contribution in [3.8, 4) is 0 Å². The molecule has 0 atom stereocenters. The second-order valence-corrected chi connectivity index (χ2v) is 3.77. The first-order valence-electron chi connectivity index (χ1n) is 4.30. The van der Waals surface area contributed by atoms with E-state index in [2.05, 4.69) is 0 Å². The van der Waals surface area contributed by atoms with E-state index in [1.807, 2.05) is 0 Å². The summed E-state index contributed by atoms with van der Waals surface area (Å²) in [7, 11) is 0. The van der Waals surface area contributed by atoms with E-state index >= 15 is 0 Å². The second-order valence-electron chi connectivity index (χ2n) is 3.77. The largest absolute Gasteiger partial charge is 0.396 e. The first-order valence-corrected chi connectivity index (χ1v) is 4.30. The van der Waals surface area contributed by atoms with E-state index in [1.54, 1.807) is 0 Å². The highest BCUT2D eigenvalue weighted by Gasteiger charge is 2.52. The Morgan fingerprint density at radius 3 is 1.93 bits per heavy atom. The van der Waals surface area contributed by atoms with Gasteiger partial charge in [0.2, 0.25) is 0 Å². The van der Waals surface area contributed by atoms with Crippen LogP contribution in [0.3, 0.4) is 0 Å². The molecule has 0 spiro atoms. The third-order valence-corrected chi connectivity index (χ3v) is 2.53. The van der Waals surface area contributed by atoms with E-state index in [0.717, 1.165) is 0 Å². The summed E-state index contributed by atoms with van der Waals surface area (Å²) in [5, 5.41) is 8.53. The van der Waals surface area contributed by atoms with Gasteiger partial charge in [0.15, 0.2) is 0 Å². The molecule has 1 aliphatic rings. The summed E-state index contributed by atoms with van der Waals surface area (Å²) in [4.78, 5) is 0. The average molecular weight is 218 g/mol. The zero-order valence-corrected chi connectivity index (χ0v) is 7.32. The lowest BCUT2D eigenvalue weighted by Crippen LogP contribution is -2.42. The molecule has 0 bridgehead atoms. The lowest BCUT2D eigenvalue weighted by atomic mass is 9.71. The Hall–Kier alpha value is -0.390. The fourth-order valence-corrected chi connectivity index (χ4v) is 1.64. The minimum absolute atomic E-state index is 0.0143. The maximum absolute atomic E-state index is 12.9. The van der Waals surface area contributed by atoms with Crippen LogP contribution in [0.1, 0.15) is 19.3 Å². The SMILES string of the molecule is OCC1CC(C(F)(F)CC(F)(F)F)C1. The molecule has 0 saturated heterocycles. The molecule has 0 aliphatic heterocycles.